The Morgan fingerprint density at radius 1 is 1.07 bits per heavy atom. The first-order valence-corrected chi connectivity index (χ1v) is 16.7. The number of hydrogen-bond donors (Lipinski definition) is 1. The Balaban J connectivity index is 1.46. The summed E-state index contributed by atoms with van der Waals surface area (Å²) in [5.41, 5.74) is 3.33. The van der Waals surface area contributed by atoms with Gasteiger partial charge >= 0.3 is 5.97 Å². The van der Waals surface area contributed by atoms with Crippen LogP contribution < -0.4 is 9.64 Å². The molecule has 44 heavy (non-hydrogen) atoms. The minimum Gasteiger partial charge on any atom is -0.493 e. The number of carboxylic acid groups (broad SMARTS) is 1. The minimum atomic E-state index is -0.822. The average Bonchev–Trinajstić information content (AvgIpc) is 3.63. The third kappa shape index (κ3) is 7.28. The van der Waals surface area contributed by atoms with Crippen LogP contribution in [0, 0.1) is 18.7 Å². The van der Waals surface area contributed by atoms with Gasteiger partial charge < -0.3 is 19.5 Å². The summed E-state index contributed by atoms with van der Waals surface area (Å²) in [5, 5.41) is 10.7. The molecule has 0 aromatic heterocycles. The van der Waals surface area contributed by atoms with Crippen LogP contribution in [0.1, 0.15) is 94.2 Å². The van der Waals surface area contributed by atoms with Gasteiger partial charge in [0.25, 0.3) is 0 Å². The number of aliphatic carboxylic acids is 1. The van der Waals surface area contributed by atoms with Crippen molar-refractivity contribution in [2.45, 2.75) is 109 Å². The van der Waals surface area contributed by atoms with Gasteiger partial charge in [-0.25, -0.2) is 4.39 Å². The van der Waals surface area contributed by atoms with E-state index in [1.807, 2.05) is 17.0 Å². The zero-order valence-electron chi connectivity index (χ0n) is 26.6. The number of anilines is 1. The summed E-state index contributed by atoms with van der Waals surface area (Å²) >= 11 is 0. The summed E-state index contributed by atoms with van der Waals surface area (Å²) in [6.07, 6.45) is 9.10. The second-order valence-corrected chi connectivity index (χ2v) is 12.9. The molecular formula is C36H49FN2O5. The van der Waals surface area contributed by atoms with Crippen LogP contribution >= 0.6 is 0 Å². The highest BCUT2D eigenvalue weighted by atomic mass is 19.1. The maximum Gasteiger partial charge on any atom is 0.308 e. The van der Waals surface area contributed by atoms with Gasteiger partial charge in [-0.15, -0.1) is 0 Å². The molecule has 3 heterocycles. The van der Waals surface area contributed by atoms with E-state index in [1.54, 1.807) is 19.1 Å². The normalized spacial score (nSPS) is 23.5. The highest BCUT2D eigenvalue weighted by molar-refractivity contribution is 5.95. The molecule has 0 bridgehead atoms. The standard InChI is InChI=1S/C36H49FN2O5/c1-4-8-27(9-5-2)39(28-12-14-31(37)24(3)20-28)34(40)23-38-22-30(25-11-16-33-26(21-25)17-19-44-33)35(36(41)42)32(38)15-13-29-10-6-7-18-43-29/h11-12,14,16,20-21,27,29-30,32,35H,4-10,13,15,17-19,22-23H2,1-3H3,(H,41,42)/t29?,30-,32+,35-/m1/s1. The molecule has 2 saturated heterocycles. The smallest absolute Gasteiger partial charge is 0.308 e. The Hall–Kier alpha value is -2.97. The van der Waals surface area contributed by atoms with Gasteiger partial charge in [-0.3, -0.25) is 14.5 Å². The molecule has 240 valence electrons. The summed E-state index contributed by atoms with van der Waals surface area (Å²) in [6, 6.07) is 10.7. The van der Waals surface area contributed by atoms with Crippen LogP contribution in [0.15, 0.2) is 36.4 Å². The van der Waals surface area contributed by atoms with Crippen molar-refractivity contribution in [2.24, 2.45) is 5.92 Å². The quantitative estimate of drug-likeness (QED) is 0.267. The second-order valence-electron chi connectivity index (χ2n) is 12.9. The van der Waals surface area contributed by atoms with Crippen LogP contribution in [0.4, 0.5) is 10.1 Å². The van der Waals surface area contributed by atoms with Crippen molar-refractivity contribution in [1.82, 2.24) is 4.90 Å². The molecule has 1 amide bonds. The number of carboxylic acids is 1. The number of aryl methyl sites for hydroxylation is 1. The Kier molecular flexibility index (Phi) is 11.0. The zero-order valence-corrected chi connectivity index (χ0v) is 26.6. The predicted molar refractivity (Wildman–Crippen MR) is 170 cm³/mol. The van der Waals surface area contributed by atoms with Crippen molar-refractivity contribution in [3.63, 3.8) is 0 Å². The van der Waals surface area contributed by atoms with E-state index in [9.17, 15) is 19.1 Å². The maximum absolute atomic E-state index is 14.4. The van der Waals surface area contributed by atoms with Crippen LogP contribution in [-0.2, 0) is 20.7 Å². The number of fused-ring (bicyclic) bond motifs is 1. The zero-order chi connectivity index (χ0) is 31.2. The molecule has 0 radical (unpaired) electrons. The molecule has 1 N–H and O–H groups in total. The topological polar surface area (TPSA) is 79.3 Å². The molecule has 3 aliphatic heterocycles. The SMILES string of the molecule is CCCC(CCC)N(C(=O)CN1C[C@H](c2ccc3c(c2)CCO3)[C@@H](C(=O)O)[C@@H]1CCC1CCCCO1)c1ccc(F)c(C)c1. The van der Waals surface area contributed by atoms with Crippen LogP contribution in [0.3, 0.4) is 0 Å². The molecule has 3 aliphatic rings. The molecule has 7 nitrogen and oxygen atoms in total. The Labute approximate surface area is 261 Å². The van der Waals surface area contributed by atoms with Gasteiger partial charge in [-0.2, -0.15) is 0 Å². The molecule has 8 heteroatoms. The molecule has 2 aromatic carbocycles. The number of hydrogen-bond acceptors (Lipinski definition) is 5. The average molecular weight is 609 g/mol. The van der Waals surface area contributed by atoms with E-state index in [-0.39, 0.29) is 42.4 Å². The first-order chi connectivity index (χ1) is 21.3. The monoisotopic (exact) mass is 608 g/mol. The van der Waals surface area contributed by atoms with Gasteiger partial charge in [-0.1, -0.05) is 38.8 Å². The van der Waals surface area contributed by atoms with Gasteiger partial charge in [0.1, 0.15) is 11.6 Å². The first kappa shape index (κ1) is 32.4. The van der Waals surface area contributed by atoms with Crippen molar-refractivity contribution in [3.8, 4) is 5.75 Å². The van der Waals surface area contributed by atoms with Gasteiger partial charge in [0.2, 0.25) is 5.91 Å². The number of halogens is 1. The fraction of sp³-hybridized carbons (Fsp3) is 0.611. The van der Waals surface area contributed by atoms with Crippen molar-refractivity contribution in [3.05, 3.63) is 58.9 Å². The molecule has 5 rings (SSSR count). The van der Waals surface area contributed by atoms with Crippen LogP contribution in [0.2, 0.25) is 0 Å². The number of likely N-dealkylation sites (tertiary alicyclic amines) is 1. The molecular weight excluding hydrogens is 559 g/mol. The lowest BCUT2D eigenvalue weighted by atomic mass is 9.82. The first-order valence-electron chi connectivity index (χ1n) is 16.7. The van der Waals surface area contributed by atoms with Crippen molar-refractivity contribution >= 4 is 17.6 Å². The molecule has 2 aromatic rings. The second kappa shape index (κ2) is 14.9. The third-order valence-corrected chi connectivity index (χ3v) is 9.87. The Morgan fingerprint density at radius 2 is 1.86 bits per heavy atom. The van der Waals surface area contributed by atoms with E-state index in [2.05, 4.69) is 24.8 Å². The lowest BCUT2D eigenvalue weighted by Gasteiger charge is -2.35. The number of nitrogens with zero attached hydrogens (tertiary/aromatic N) is 2. The number of carbonyl (C=O) groups is 2. The van der Waals surface area contributed by atoms with E-state index in [4.69, 9.17) is 9.47 Å². The summed E-state index contributed by atoms with van der Waals surface area (Å²) < 4.78 is 26.0. The highest BCUT2D eigenvalue weighted by Crippen LogP contribution is 2.42. The molecule has 2 fully saturated rings. The van der Waals surface area contributed by atoms with Crippen molar-refractivity contribution < 1.29 is 28.6 Å². The molecule has 1 unspecified atom stereocenters. The third-order valence-electron chi connectivity index (χ3n) is 9.87. The number of amides is 1. The van der Waals surface area contributed by atoms with Crippen molar-refractivity contribution in [1.29, 1.82) is 0 Å². The Morgan fingerprint density at radius 3 is 2.55 bits per heavy atom. The summed E-state index contributed by atoms with van der Waals surface area (Å²) in [7, 11) is 0. The molecule has 4 atom stereocenters. The lowest BCUT2D eigenvalue weighted by molar-refractivity contribution is -0.143. The van der Waals surface area contributed by atoms with Gasteiger partial charge in [0, 0.05) is 43.3 Å². The fourth-order valence-corrected chi connectivity index (χ4v) is 7.68. The fourth-order valence-electron chi connectivity index (χ4n) is 7.68. The van der Waals surface area contributed by atoms with Gasteiger partial charge in [-0.05, 0) is 92.8 Å². The molecule has 0 spiro atoms. The molecule has 0 saturated carbocycles. The minimum absolute atomic E-state index is 0.0122. The number of carbonyl (C=O) groups excluding carboxylic acids is 1. The molecule has 0 aliphatic carbocycles. The summed E-state index contributed by atoms with van der Waals surface area (Å²) in [4.78, 5) is 31.4. The van der Waals surface area contributed by atoms with Crippen LogP contribution in [0.5, 0.6) is 5.75 Å². The largest absolute Gasteiger partial charge is 0.493 e. The number of benzene rings is 2. The Bertz CT molecular complexity index is 1290. The van der Waals surface area contributed by atoms with E-state index in [0.29, 0.717) is 30.8 Å². The van der Waals surface area contributed by atoms with Gasteiger partial charge in [0.15, 0.2) is 0 Å². The van der Waals surface area contributed by atoms with E-state index < -0.39 is 11.9 Å². The number of rotatable bonds is 13. The van der Waals surface area contributed by atoms with Crippen LogP contribution in [-0.4, -0.2) is 66.4 Å². The van der Waals surface area contributed by atoms with Gasteiger partial charge in [0.05, 0.1) is 25.2 Å². The number of ether oxygens (including phenoxy) is 2. The van der Waals surface area contributed by atoms with Crippen LogP contribution in [0.25, 0.3) is 0 Å². The summed E-state index contributed by atoms with van der Waals surface area (Å²) in [5.74, 6) is -1.19. The highest BCUT2D eigenvalue weighted by Gasteiger charge is 2.47. The lowest BCUT2D eigenvalue weighted by Crippen LogP contribution is -2.48. The van der Waals surface area contributed by atoms with E-state index in [0.717, 1.165) is 81.3 Å². The maximum atomic E-state index is 14.4. The van der Waals surface area contributed by atoms with Crippen molar-refractivity contribution in [2.75, 3.05) is 31.2 Å². The predicted octanol–water partition coefficient (Wildman–Crippen LogP) is 6.89. The summed E-state index contributed by atoms with van der Waals surface area (Å²) in [6.45, 7) is 7.97. The van der Waals surface area contributed by atoms with E-state index in [1.165, 1.54) is 6.07 Å². The van der Waals surface area contributed by atoms with E-state index >= 15 is 0 Å².